The van der Waals surface area contributed by atoms with Crippen LogP contribution in [0.4, 0.5) is 0 Å². The lowest BCUT2D eigenvalue weighted by Crippen LogP contribution is -2.41. The first-order chi connectivity index (χ1) is 17.0. The Morgan fingerprint density at radius 1 is 1.03 bits per heavy atom. The minimum absolute atomic E-state index is 0.145. The normalized spacial score (nSPS) is 15.0. The van der Waals surface area contributed by atoms with Gasteiger partial charge in [0.2, 0.25) is 0 Å². The van der Waals surface area contributed by atoms with Crippen LogP contribution >= 0.6 is 11.6 Å². The molecule has 7 heteroatoms. The maximum Gasteiger partial charge on any atom is 0.260 e. The summed E-state index contributed by atoms with van der Waals surface area (Å²) in [5, 5.41) is 4.83. The van der Waals surface area contributed by atoms with E-state index in [9.17, 15) is 4.79 Å². The summed E-state index contributed by atoms with van der Waals surface area (Å²) < 4.78 is 16.6. The molecule has 5 rings (SSSR count). The van der Waals surface area contributed by atoms with Crippen LogP contribution in [0.25, 0.3) is 11.3 Å². The van der Waals surface area contributed by atoms with Crippen LogP contribution in [0.1, 0.15) is 38.9 Å². The van der Waals surface area contributed by atoms with E-state index < -0.39 is 0 Å². The highest BCUT2D eigenvalue weighted by atomic mass is 35.5. The monoisotopic (exact) mass is 488 g/mol. The molecule has 0 bridgehead atoms. The number of carbonyl (C=O) groups is 1. The number of nitrogens with zero attached hydrogens (tertiary/aromatic N) is 2. The van der Waals surface area contributed by atoms with Crippen LogP contribution < -0.4 is 9.47 Å². The average Bonchev–Trinajstić information content (AvgIpc) is 3.28. The second kappa shape index (κ2) is 9.47. The second-order valence-corrected chi connectivity index (χ2v) is 8.88. The van der Waals surface area contributed by atoms with Gasteiger partial charge in [0.25, 0.3) is 5.91 Å². The lowest BCUT2D eigenvalue weighted by atomic mass is 9.87. The van der Waals surface area contributed by atoms with Crippen LogP contribution in [0.2, 0.25) is 5.02 Å². The zero-order chi connectivity index (χ0) is 24.5. The Bertz CT molecular complexity index is 1380. The van der Waals surface area contributed by atoms with Crippen molar-refractivity contribution in [2.75, 3.05) is 20.8 Å². The fourth-order valence-electron chi connectivity index (χ4n) is 4.76. The summed E-state index contributed by atoms with van der Waals surface area (Å²) >= 11 is 6.38. The third-order valence-corrected chi connectivity index (χ3v) is 6.66. The Labute approximate surface area is 209 Å². The van der Waals surface area contributed by atoms with Gasteiger partial charge in [-0.25, -0.2) is 0 Å². The van der Waals surface area contributed by atoms with E-state index in [1.54, 1.807) is 21.1 Å². The van der Waals surface area contributed by atoms with Crippen molar-refractivity contribution in [2.45, 2.75) is 19.4 Å². The molecule has 1 atom stereocenters. The smallest absolute Gasteiger partial charge is 0.260 e. The van der Waals surface area contributed by atoms with Gasteiger partial charge < -0.3 is 18.9 Å². The van der Waals surface area contributed by atoms with Gasteiger partial charge in [-0.3, -0.25) is 4.79 Å². The van der Waals surface area contributed by atoms with Crippen molar-refractivity contribution in [3.8, 4) is 22.8 Å². The van der Waals surface area contributed by atoms with Crippen molar-refractivity contribution in [1.82, 2.24) is 10.1 Å². The maximum atomic E-state index is 14.2. The van der Waals surface area contributed by atoms with Crippen LogP contribution in [0.3, 0.4) is 0 Å². The predicted octanol–water partition coefficient (Wildman–Crippen LogP) is 6.11. The summed E-state index contributed by atoms with van der Waals surface area (Å²) in [6.45, 7) is 2.28. The van der Waals surface area contributed by atoms with E-state index in [1.807, 2.05) is 71.6 Å². The van der Waals surface area contributed by atoms with E-state index in [2.05, 4.69) is 5.16 Å². The number of benzene rings is 3. The molecule has 0 radical (unpaired) electrons. The Morgan fingerprint density at radius 3 is 2.49 bits per heavy atom. The standard InChI is InChI=1S/C28H25ClN2O4/c1-17-25(26(30-35-17)18-8-5-4-6-9-18)28(32)31-13-12-19-15-23(33-2)24(34-3)16-22(19)27(31)20-10-7-11-21(29)14-20/h4-11,14-16,27H,12-13H2,1-3H3/t27-/m1/s1. The number of hydrogen-bond donors (Lipinski definition) is 0. The molecule has 1 aromatic heterocycles. The number of hydrogen-bond acceptors (Lipinski definition) is 5. The highest BCUT2D eigenvalue weighted by Gasteiger charge is 2.36. The second-order valence-electron chi connectivity index (χ2n) is 8.44. The highest BCUT2D eigenvalue weighted by molar-refractivity contribution is 6.30. The molecule has 178 valence electrons. The lowest BCUT2D eigenvalue weighted by Gasteiger charge is -2.38. The van der Waals surface area contributed by atoms with Gasteiger partial charge >= 0.3 is 0 Å². The molecule has 0 N–H and O–H groups in total. The van der Waals surface area contributed by atoms with Crippen LogP contribution in [0.15, 0.2) is 71.3 Å². The first-order valence-electron chi connectivity index (χ1n) is 11.3. The van der Waals surface area contributed by atoms with Crippen molar-refractivity contribution in [2.24, 2.45) is 0 Å². The van der Waals surface area contributed by atoms with Gasteiger partial charge in [0, 0.05) is 17.1 Å². The summed E-state index contributed by atoms with van der Waals surface area (Å²) in [5.41, 5.74) is 4.82. The maximum absolute atomic E-state index is 14.2. The molecule has 1 aliphatic rings. The number of aryl methyl sites for hydroxylation is 1. The number of halogens is 1. The number of aromatic nitrogens is 1. The summed E-state index contributed by atoms with van der Waals surface area (Å²) in [4.78, 5) is 16.0. The van der Waals surface area contributed by atoms with Gasteiger partial charge in [-0.05, 0) is 54.3 Å². The van der Waals surface area contributed by atoms with Crippen LogP contribution in [-0.4, -0.2) is 36.7 Å². The number of amides is 1. The molecule has 0 spiro atoms. The lowest BCUT2D eigenvalue weighted by molar-refractivity contribution is 0.0693. The zero-order valence-electron chi connectivity index (χ0n) is 19.7. The quantitative estimate of drug-likeness (QED) is 0.339. The molecular formula is C28H25ClN2O4. The molecule has 1 amide bonds. The molecule has 35 heavy (non-hydrogen) atoms. The fourth-order valence-corrected chi connectivity index (χ4v) is 4.96. The third kappa shape index (κ3) is 4.15. The topological polar surface area (TPSA) is 64.8 Å². The molecule has 0 aliphatic carbocycles. The summed E-state index contributed by atoms with van der Waals surface area (Å²) in [6, 6.07) is 20.8. The van der Waals surface area contributed by atoms with Gasteiger partial charge in [-0.2, -0.15) is 0 Å². The molecule has 0 saturated heterocycles. The van der Waals surface area contributed by atoms with E-state index in [-0.39, 0.29) is 11.9 Å². The first-order valence-corrected chi connectivity index (χ1v) is 11.7. The van der Waals surface area contributed by atoms with Gasteiger partial charge in [-0.1, -0.05) is 59.2 Å². The van der Waals surface area contributed by atoms with E-state index in [0.717, 1.165) is 22.3 Å². The van der Waals surface area contributed by atoms with Crippen LogP contribution in [0.5, 0.6) is 11.5 Å². The zero-order valence-corrected chi connectivity index (χ0v) is 20.5. The molecule has 3 aromatic carbocycles. The minimum atomic E-state index is -0.373. The van der Waals surface area contributed by atoms with Crippen molar-refractivity contribution < 1.29 is 18.8 Å². The summed E-state index contributed by atoms with van der Waals surface area (Å²) in [7, 11) is 3.23. The molecule has 4 aromatic rings. The van der Waals surface area contributed by atoms with Crippen molar-refractivity contribution >= 4 is 17.5 Å². The van der Waals surface area contributed by atoms with Crippen molar-refractivity contribution in [1.29, 1.82) is 0 Å². The number of rotatable bonds is 5. The molecule has 0 fully saturated rings. The van der Waals surface area contributed by atoms with Crippen molar-refractivity contribution in [3.63, 3.8) is 0 Å². The van der Waals surface area contributed by atoms with Gasteiger partial charge in [0.05, 0.1) is 20.3 Å². The van der Waals surface area contributed by atoms with E-state index in [0.29, 0.717) is 46.5 Å². The number of ether oxygens (including phenoxy) is 2. The molecule has 6 nitrogen and oxygen atoms in total. The van der Waals surface area contributed by atoms with Crippen LogP contribution in [0, 0.1) is 6.92 Å². The Hall–Kier alpha value is -3.77. The summed E-state index contributed by atoms with van der Waals surface area (Å²) in [5.74, 6) is 1.61. The minimum Gasteiger partial charge on any atom is -0.493 e. The van der Waals surface area contributed by atoms with Crippen LogP contribution in [-0.2, 0) is 6.42 Å². The SMILES string of the molecule is COc1cc2c(cc1OC)[C@@H](c1cccc(Cl)c1)N(C(=O)c1c(-c3ccccc3)noc1C)CC2. The van der Waals surface area contributed by atoms with E-state index in [4.69, 9.17) is 25.6 Å². The Balaban J connectivity index is 1.66. The Kier molecular flexibility index (Phi) is 6.22. The van der Waals surface area contributed by atoms with E-state index >= 15 is 0 Å². The van der Waals surface area contributed by atoms with E-state index in [1.165, 1.54) is 0 Å². The summed E-state index contributed by atoms with van der Waals surface area (Å²) in [6.07, 6.45) is 0.670. The first kappa shape index (κ1) is 23.0. The predicted molar refractivity (Wildman–Crippen MR) is 134 cm³/mol. The molecule has 2 heterocycles. The highest BCUT2D eigenvalue weighted by Crippen LogP contribution is 2.42. The van der Waals surface area contributed by atoms with Gasteiger partial charge in [0.15, 0.2) is 11.5 Å². The molecule has 0 saturated carbocycles. The molecular weight excluding hydrogens is 464 g/mol. The largest absolute Gasteiger partial charge is 0.493 e. The molecule has 1 aliphatic heterocycles. The average molecular weight is 489 g/mol. The molecule has 0 unspecified atom stereocenters. The third-order valence-electron chi connectivity index (χ3n) is 6.42. The number of carbonyl (C=O) groups excluding carboxylic acids is 1. The van der Waals surface area contributed by atoms with Crippen molar-refractivity contribution in [3.05, 3.63) is 99.8 Å². The number of fused-ring (bicyclic) bond motifs is 1. The fraction of sp³-hybridized carbons (Fsp3) is 0.214. The van der Waals surface area contributed by atoms with Gasteiger partial charge in [0.1, 0.15) is 17.0 Å². The number of methoxy groups -OCH3 is 2. The van der Waals surface area contributed by atoms with Gasteiger partial charge in [-0.15, -0.1) is 0 Å². The Morgan fingerprint density at radius 2 is 1.77 bits per heavy atom.